The highest BCUT2D eigenvalue weighted by Gasteiger charge is 2.53. The average molecular weight is 544 g/mol. The lowest BCUT2D eigenvalue weighted by Gasteiger charge is -2.56. The van der Waals surface area contributed by atoms with E-state index in [1.165, 1.54) is 30.4 Å². The topological polar surface area (TPSA) is 137 Å². The van der Waals surface area contributed by atoms with Crippen LogP contribution in [0.15, 0.2) is 6.20 Å². The van der Waals surface area contributed by atoms with Crippen molar-refractivity contribution in [2.45, 2.75) is 64.3 Å². The molecule has 2 amide bonds. The van der Waals surface area contributed by atoms with E-state index >= 15 is 0 Å². The molecule has 0 aromatic carbocycles. The lowest BCUT2D eigenvalue weighted by Crippen LogP contribution is -2.52. The fourth-order valence-corrected chi connectivity index (χ4v) is 8.14. The Balaban J connectivity index is 1.49. The van der Waals surface area contributed by atoms with E-state index in [9.17, 15) is 24.5 Å². The first kappa shape index (κ1) is 26.3. The minimum atomic E-state index is -0.796. The number of carbonyl (C=O) groups excluding carboxylic acids is 3. The zero-order valence-corrected chi connectivity index (χ0v) is 22.9. The summed E-state index contributed by atoms with van der Waals surface area (Å²) in [5.74, 6) is 0.00686. The van der Waals surface area contributed by atoms with Gasteiger partial charge in [-0.05, 0) is 75.2 Å². The number of anilines is 1. The van der Waals surface area contributed by atoms with Gasteiger partial charge in [0, 0.05) is 14.1 Å². The van der Waals surface area contributed by atoms with Gasteiger partial charge in [-0.15, -0.1) is 11.3 Å². The Morgan fingerprint density at radius 2 is 1.82 bits per heavy atom. The summed E-state index contributed by atoms with van der Waals surface area (Å²) >= 11 is 0.947. The molecule has 0 atom stereocenters. The van der Waals surface area contributed by atoms with Crippen molar-refractivity contribution in [3.8, 4) is 0 Å². The van der Waals surface area contributed by atoms with Gasteiger partial charge in [-0.25, -0.2) is 4.79 Å². The third-order valence-corrected chi connectivity index (χ3v) is 9.41. The van der Waals surface area contributed by atoms with E-state index < -0.39 is 16.8 Å². The quantitative estimate of drug-likeness (QED) is 0.292. The number of nitro groups is 1. The van der Waals surface area contributed by atoms with Crippen molar-refractivity contribution in [3.05, 3.63) is 38.0 Å². The summed E-state index contributed by atoms with van der Waals surface area (Å²) in [7, 11) is 3.19. The second kappa shape index (κ2) is 9.79. The van der Waals surface area contributed by atoms with E-state index in [2.05, 4.69) is 10.4 Å². The van der Waals surface area contributed by atoms with E-state index in [0.29, 0.717) is 29.7 Å². The van der Waals surface area contributed by atoms with Crippen LogP contribution in [0.5, 0.6) is 0 Å². The molecule has 6 rings (SSSR count). The molecule has 2 aromatic heterocycles. The normalized spacial score (nSPS) is 25.3. The van der Waals surface area contributed by atoms with Gasteiger partial charge in [0.15, 0.2) is 0 Å². The maximum absolute atomic E-state index is 13.5. The van der Waals surface area contributed by atoms with Gasteiger partial charge in [0.05, 0.1) is 27.5 Å². The van der Waals surface area contributed by atoms with Crippen LogP contribution in [0.3, 0.4) is 0 Å². The summed E-state index contributed by atoms with van der Waals surface area (Å²) in [6, 6.07) is 0. The molecule has 2 heterocycles. The Bertz CT molecular complexity index is 1280. The monoisotopic (exact) mass is 543 g/mol. The Morgan fingerprint density at radius 1 is 1.21 bits per heavy atom. The maximum atomic E-state index is 13.5. The highest BCUT2D eigenvalue weighted by Crippen LogP contribution is 2.58. The summed E-state index contributed by atoms with van der Waals surface area (Å²) in [6.45, 7) is 3.66. The molecule has 38 heavy (non-hydrogen) atoms. The average Bonchev–Trinajstić information content (AvgIpc) is 3.44. The second-order valence-corrected chi connectivity index (χ2v) is 12.3. The molecular formula is C26H33N5O6S. The number of hydrogen-bond donors (Lipinski definition) is 1. The number of nitrogens with zero attached hydrogens (tertiary/aromatic N) is 4. The van der Waals surface area contributed by atoms with E-state index in [4.69, 9.17) is 4.74 Å². The van der Waals surface area contributed by atoms with Gasteiger partial charge in [0.2, 0.25) is 5.69 Å². The smallest absolute Gasteiger partial charge is 0.341 e. The molecule has 12 heteroatoms. The number of amides is 2. The molecule has 4 fully saturated rings. The van der Waals surface area contributed by atoms with Crippen LogP contribution < -0.4 is 5.32 Å². The summed E-state index contributed by atoms with van der Waals surface area (Å²) < 4.78 is 6.99. The maximum Gasteiger partial charge on any atom is 0.341 e. The summed E-state index contributed by atoms with van der Waals surface area (Å²) in [5.41, 5.74) is -0.502. The molecule has 11 nitrogen and oxygen atoms in total. The number of hydrogen-bond acceptors (Lipinski definition) is 8. The van der Waals surface area contributed by atoms with E-state index in [0.717, 1.165) is 30.6 Å². The standard InChI is InChI=1S/C26H33N5O6S/c1-5-6-37-25(34)19-14(2)21(24(33)29(3)4)38-23(19)27-22(32)20-18(31(35)36)13-30(28-20)26-10-15-7-16(11-26)9-17(8-15)12-26/h13,15-17H,5-12H2,1-4H3,(H,27,32). The predicted molar refractivity (Wildman–Crippen MR) is 141 cm³/mol. The molecule has 1 N–H and O–H groups in total. The zero-order chi connectivity index (χ0) is 27.4. The number of nitrogens with one attached hydrogen (secondary N) is 1. The van der Waals surface area contributed by atoms with Crippen LogP contribution in [-0.4, -0.2) is 58.1 Å². The molecule has 0 aliphatic heterocycles. The molecule has 2 aromatic rings. The third-order valence-electron chi connectivity index (χ3n) is 8.21. The van der Waals surface area contributed by atoms with Crippen molar-refractivity contribution < 1.29 is 24.0 Å². The first-order valence-electron chi connectivity index (χ1n) is 13.1. The fraction of sp³-hybridized carbons (Fsp3) is 0.615. The number of aromatic nitrogens is 2. The third kappa shape index (κ3) is 4.48. The van der Waals surface area contributed by atoms with Crippen LogP contribution in [-0.2, 0) is 10.3 Å². The Labute approximate surface area is 224 Å². The minimum absolute atomic E-state index is 0.0742. The van der Waals surface area contributed by atoms with Gasteiger partial charge in [-0.1, -0.05) is 6.92 Å². The molecule has 4 saturated carbocycles. The van der Waals surface area contributed by atoms with Crippen LogP contribution in [0.1, 0.15) is 88.0 Å². The molecule has 0 unspecified atom stereocenters. The van der Waals surface area contributed by atoms with Gasteiger partial charge in [-0.2, -0.15) is 5.10 Å². The number of rotatable bonds is 8. The molecule has 4 aliphatic rings. The van der Waals surface area contributed by atoms with E-state index in [-0.39, 0.29) is 44.9 Å². The van der Waals surface area contributed by atoms with Crippen LogP contribution in [0.2, 0.25) is 0 Å². The van der Waals surface area contributed by atoms with Crippen molar-refractivity contribution in [2.75, 3.05) is 26.0 Å². The van der Waals surface area contributed by atoms with Gasteiger partial charge in [0.25, 0.3) is 11.8 Å². The molecule has 4 aliphatic carbocycles. The largest absolute Gasteiger partial charge is 0.462 e. The van der Waals surface area contributed by atoms with E-state index in [1.54, 1.807) is 25.7 Å². The highest BCUT2D eigenvalue weighted by molar-refractivity contribution is 7.18. The summed E-state index contributed by atoms with van der Waals surface area (Å²) in [6.07, 6.45) is 8.40. The number of carbonyl (C=O) groups is 3. The lowest BCUT2D eigenvalue weighted by atomic mass is 9.53. The Morgan fingerprint density at radius 3 is 2.34 bits per heavy atom. The Hall–Kier alpha value is -3.28. The molecular weight excluding hydrogens is 510 g/mol. The number of thiophene rings is 1. The molecule has 0 spiro atoms. The summed E-state index contributed by atoms with van der Waals surface area (Å²) in [4.78, 5) is 52.1. The van der Waals surface area contributed by atoms with Crippen LogP contribution in [0.25, 0.3) is 0 Å². The zero-order valence-electron chi connectivity index (χ0n) is 22.1. The van der Waals surface area contributed by atoms with Crippen LogP contribution in [0, 0.1) is 34.8 Å². The number of ether oxygens (including phenoxy) is 1. The van der Waals surface area contributed by atoms with Crippen LogP contribution in [0.4, 0.5) is 10.7 Å². The minimum Gasteiger partial charge on any atom is -0.462 e. The van der Waals surface area contributed by atoms with Gasteiger partial charge in [0.1, 0.15) is 11.2 Å². The van der Waals surface area contributed by atoms with Crippen molar-refractivity contribution in [2.24, 2.45) is 17.8 Å². The fourth-order valence-electron chi connectivity index (χ4n) is 6.93. The van der Waals surface area contributed by atoms with E-state index in [1.807, 2.05) is 6.92 Å². The predicted octanol–water partition coefficient (Wildman–Crippen LogP) is 4.61. The molecule has 204 valence electrons. The molecule has 4 bridgehead atoms. The second-order valence-electron chi connectivity index (χ2n) is 11.3. The highest BCUT2D eigenvalue weighted by atomic mass is 32.1. The van der Waals surface area contributed by atoms with Crippen molar-refractivity contribution in [1.82, 2.24) is 14.7 Å². The first-order valence-corrected chi connectivity index (χ1v) is 13.9. The SMILES string of the molecule is CCCOC(=O)c1c(NC(=O)c2nn(C34CC5CC(CC(C5)C3)C4)cc2[N+](=O)[O-])sc(C(=O)N(C)C)c1C. The van der Waals surface area contributed by atoms with Gasteiger partial charge < -0.3 is 15.0 Å². The van der Waals surface area contributed by atoms with Gasteiger partial charge in [-0.3, -0.25) is 24.4 Å². The molecule has 0 radical (unpaired) electrons. The molecule has 0 saturated heterocycles. The Kier molecular flexibility index (Phi) is 6.79. The lowest BCUT2D eigenvalue weighted by molar-refractivity contribution is -0.385. The number of esters is 1. The van der Waals surface area contributed by atoms with Crippen LogP contribution >= 0.6 is 11.3 Å². The van der Waals surface area contributed by atoms with Crippen molar-refractivity contribution >= 4 is 39.8 Å². The first-order chi connectivity index (χ1) is 18.0. The summed E-state index contributed by atoms with van der Waals surface area (Å²) in [5, 5.41) is 19.3. The van der Waals surface area contributed by atoms with Crippen molar-refractivity contribution in [1.29, 1.82) is 0 Å². The van der Waals surface area contributed by atoms with Crippen molar-refractivity contribution in [3.63, 3.8) is 0 Å². The van der Waals surface area contributed by atoms with Gasteiger partial charge >= 0.3 is 11.7 Å².